The zero-order chi connectivity index (χ0) is 17.8. The van der Waals surface area contributed by atoms with Crippen molar-refractivity contribution in [3.8, 4) is 11.5 Å². The first-order valence-electron chi connectivity index (χ1n) is 8.56. The molecule has 3 aromatic rings. The first kappa shape index (κ1) is 16.8. The number of fused-ring (bicyclic) bond motifs is 2. The van der Waals surface area contributed by atoms with Gasteiger partial charge in [0.25, 0.3) is 0 Å². The molecule has 1 aromatic heterocycles. The van der Waals surface area contributed by atoms with E-state index in [0.717, 1.165) is 39.9 Å². The van der Waals surface area contributed by atoms with Crippen LogP contribution in [0.4, 0.5) is 0 Å². The Morgan fingerprint density at radius 3 is 2.31 bits per heavy atom. The molecule has 0 radical (unpaired) electrons. The second-order valence-electron chi connectivity index (χ2n) is 6.03. The quantitative estimate of drug-likeness (QED) is 0.650. The van der Waals surface area contributed by atoms with Crippen LogP contribution in [0.15, 0.2) is 71.3 Å². The van der Waals surface area contributed by atoms with E-state index in [2.05, 4.69) is 5.32 Å². The third-order valence-electron chi connectivity index (χ3n) is 4.31. The molecule has 0 saturated heterocycles. The van der Waals surface area contributed by atoms with Crippen molar-refractivity contribution < 1.29 is 13.9 Å². The molecular formula is C21H19NO3S. The lowest BCUT2D eigenvalue weighted by molar-refractivity contribution is -0.121. The Hall–Kier alpha value is -2.66. The Labute approximate surface area is 156 Å². The summed E-state index contributed by atoms with van der Waals surface area (Å²) in [6.07, 6.45) is 1.68. The van der Waals surface area contributed by atoms with Crippen LogP contribution in [0.2, 0.25) is 0 Å². The van der Waals surface area contributed by atoms with Gasteiger partial charge in [0, 0.05) is 23.4 Å². The molecule has 0 bridgehead atoms. The van der Waals surface area contributed by atoms with Gasteiger partial charge in [-0.1, -0.05) is 36.4 Å². The molecule has 26 heavy (non-hydrogen) atoms. The molecule has 1 N–H and O–H groups in total. The SMILES string of the molecule is O=C(NCCSCc1ccco1)C1c2ccccc2Oc2ccccc21. The van der Waals surface area contributed by atoms with E-state index in [-0.39, 0.29) is 11.8 Å². The number of para-hydroxylation sites is 2. The van der Waals surface area contributed by atoms with E-state index in [1.807, 2.05) is 60.7 Å². The van der Waals surface area contributed by atoms with Gasteiger partial charge in [-0.05, 0) is 24.3 Å². The molecule has 0 fully saturated rings. The molecule has 0 spiro atoms. The molecule has 1 aliphatic rings. The summed E-state index contributed by atoms with van der Waals surface area (Å²) in [5.74, 6) is 3.76. The van der Waals surface area contributed by atoms with Gasteiger partial charge >= 0.3 is 0 Å². The lowest BCUT2D eigenvalue weighted by atomic mass is 9.87. The van der Waals surface area contributed by atoms with Crippen molar-refractivity contribution >= 4 is 17.7 Å². The van der Waals surface area contributed by atoms with Gasteiger partial charge in [-0.3, -0.25) is 4.79 Å². The van der Waals surface area contributed by atoms with E-state index < -0.39 is 0 Å². The van der Waals surface area contributed by atoms with Gasteiger partial charge in [-0.25, -0.2) is 0 Å². The molecule has 2 heterocycles. The number of carbonyl (C=O) groups excluding carboxylic acids is 1. The molecule has 4 nitrogen and oxygen atoms in total. The average Bonchev–Trinajstić information content (AvgIpc) is 3.19. The highest BCUT2D eigenvalue weighted by atomic mass is 32.2. The minimum atomic E-state index is -0.341. The second kappa shape index (κ2) is 7.70. The maximum atomic E-state index is 12.9. The van der Waals surface area contributed by atoms with Crippen molar-refractivity contribution in [1.29, 1.82) is 0 Å². The number of hydrogen-bond donors (Lipinski definition) is 1. The van der Waals surface area contributed by atoms with Gasteiger partial charge in [0.15, 0.2) is 0 Å². The van der Waals surface area contributed by atoms with Crippen LogP contribution >= 0.6 is 11.8 Å². The van der Waals surface area contributed by atoms with E-state index in [0.29, 0.717) is 6.54 Å². The molecule has 0 aliphatic carbocycles. The number of thioether (sulfide) groups is 1. The fraction of sp³-hybridized carbons (Fsp3) is 0.190. The Morgan fingerprint density at radius 2 is 1.65 bits per heavy atom. The van der Waals surface area contributed by atoms with Crippen molar-refractivity contribution in [2.75, 3.05) is 12.3 Å². The standard InChI is InChI=1S/C21H19NO3S/c23-21(22-11-13-26-14-15-6-5-12-24-15)20-16-7-1-3-9-18(16)25-19-10-4-2-8-17(19)20/h1-10,12,20H,11,13-14H2,(H,22,23). The first-order valence-corrected chi connectivity index (χ1v) is 9.72. The molecule has 1 aliphatic heterocycles. The monoisotopic (exact) mass is 365 g/mol. The van der Waals surface area contributed by atoms with Gasteiger partial charge in [-0.2, -0.15) is 11.8 Å². The maximum Gasteiger partial charge on any atom is 0.232 e. The number of amides is 1. The van der Waals surface area contributed by atoms with E-state index in [9.17, 15) is 4.79 Å². The van der Waals surface area contributed by atoms with Gasteiger partial charge < -0.3 is 14.5 Å². The highest BCUT2D eigenvalue weighted by molar-refractivity contribution is 7.98. The highest BCUT2D eigenvalue weighted by Gasteiger charge is 2.31. The van der Waals surface area contributed by atoms with Gasteiger partial charge in [0.05, 0.1) is 17.9 Å². The van der Waals surface area contributed by atoms with E-state index in [4.69, 9.17) is 9.15 Å². The summed E-state index contributed by atoms with van der Waals surface area (Å²) >= 11 is 1.74. The number of carbonyl (C=O) groups is 1. The van der Waals surface area contributed by atoms with Crippen LogP contribution in [0.1, 0.15) is 22.8 Å². The Balaban J connectivity index is 1.42. The van der Waals surface area contributed by atoms with Crippen LogP contribution in [-0.2, 0) is 10.5 Å². The summed E-state index contributed by atoms with van der Waals surface area (Å²) in [5.41, 5.74) is 1.82. The highest BCUT2D eigenvalue weighted by Crippen LogP contribution is 2.43. The van der Waals surface area contributed by atoms with E-state index in [1.165, 1.54) is 0 Å². The lowest BCUT2D eigenvalue weighted by Crippen LogP contribution is -2.33. The third kappa shape index (κ3) is 3.48. The van der Waals surface area contributed by atoms with Crippen molar-refractivity contribution in [3.05, 3.63) is 83.8 Å². The number of benzene rings is 2. The average molecular weight is 365 g/mol. The molecule has 1 amide bonds. The number of furan rings is 1. The Kier molecular flexibility index (Phi) is 4.97. The van der Waals surface area contributed by atoms with Crippen molar-refractivity contribution in [3.63, 3.8) is 0 Å². The molecule has 132 valence electrons. The molecule has 0 atom stereocenters. The number of ether oxygens (including phenoxy) is 1. The topological polar surface area (TPSA) is 51.5 Å². The number of nitrogens with one attached hydrogen (secondary N) is 1. The zero-order valence-corrected chi connectivity index (χ0v) is 15.0. The van der Waals surface area contributed by atoms with Gasteiger partial charge in [0.2, 0.25) is 5.91 Å². The summed E-state index contributed by atoms with van der Waals surface area (Å²) in [7, 11) is 0. The normalized spacial score (nSPS) is 12.8. The summed E-state index contributed by atoms with van der Waals surface area (Å²) in [6.45, 7) is 0.617. The molecular weight excluding hydrogens is 346 g/mol. The minimum absolute atomic E-state index is 0.00630. The maximum absolute atomic E-state index is 12.9. The molecule has 0 unspecified atom stereocenters. The van der Waals surface area contributed by atoms with Crippen molar-refractivity contribution in [2.45, 2.75) is 11.7 Å². The van der Waals surface area contributed by atoms with Crippen molar-refractivity contribution in [2.24, 2.45) is 0 Å². The third-order valence-corrected chi connectivity index (χ3v) is 5.29. The van der Waals surface area contributed by atoms with Gasteiger partial charge in [-0.15, -0.1) is 0 Å². The number of hydrogen-bond acceptors (Lipinski definition) is 4. The van der Waals surface area contributed by atoms with Crippen LogP contribution < -0.4 is 10.1 Å². The van der Waals surface area contributed by atoms with Crippen LogP contribution in [0.5, 0.6) is 11.5 Å². The fourth-order valence-corrected chi connectivity index (χ4v) is 3.86. The van der Waals surface area contributed by atoms with Crippen LogP contribution in [-0.4, -0.2) is 18.2 Å². The van der Waals surface area contributed by atoms with Crippen molar-refractivity contribution in [1.82, 2.24) is 5.32 Å². The smallest absolute Gasteiger partial charge is 0.232 e. The predicted octanol–water partition coefficient (Wildman–Crippen LogP) is 4.57. The summed E-state index contributed by atoms with van der Waals surface area (Å²) < 4.78 is 11.3. The van der Waals surface area contributed by atoms with Crippen LogP contribution in [0.3, 0.4) is 0 Å². The molecule has 4 rings (SSSR count). The minimum Gasteiger partial charge on any atom is -0.468 e. The Bertz CT molecular complexity index is 846. The molecule has 0 saturated carbocycles. The van der Waals surface area contributed by atoms with Crippen LogP contribution in [0, 0.1) is 0 Å². The van der Waals surface area contributed by atoms with E-state index >= 15 is 0 Å². The molecule has 2 aromatic carbocycles. The zero-order valence-electron chi connectivity index (χ0n) is 14.2. The first-order chi connectivity index (χ1) is 12.8. The lowest BCUT2D eigenvalue weighted by Gasteiger charge is -2.27. The van der Waals surface area contributed by atoms with Gasteiger partial charge in [0.1, 0.15) is 17.3 Å². The fourth-order valence-electron chi connectivity index (χ4n) is 3.11. The largest absolute Gasteiger partial charge is 0.468 e. The summed E-state index contributed by atoms with van der Waals surface area (Å²) in [5, 5.41) is 3.07. The predicted molar refractivity (Wildman–Crippen MR) is 103 cm³/mol. The second-order valence-corrected chi connectivity index (χ2v) is 7.14. The summed E-state index contributed by atoms with van der Waals surface area (Å²) in [4.78, 5) is 12.9. The number of rotatable bonds is 6. The summed E-state index contributed by atoms with van der Waals surface area (Å²) in [6, 6.07) is 19.3. The van der Waals surface area contributed by atoms with Crippen LogP contribution in [0.25, 0.3) is 0 Å². The Morgan fingerprint density at radius 1 is 0.962 bits per heavy atom. The van der Waals surface area contributed by atoms with E-state index in [1.54, 1.807) is 18.0 Å². The molecule has 5 heteroatoms.